The maximum absolute atomic E-state index is 4.99. The van der Waals surface area contributed by atoms with Gasteiger partial charge in [0.05, 0.1) is 0 Å². The van der Waals surface area contributed by atoms with Gasteiger partial charge in [0.2, 0.25) is 0 Å². The van der Waals surface area contributed by atoms with Gasteiger partial charge in [-0.25, -0.2) is 0 Å². The minimum atomic E-state index is -0.181. The van der Waals surface area contributed by atoms with Crippen LogP contribution in [0.2, 0.25) is 0 Å². The molecule has 0 aromatic rings. The molecule has 0 heterocycles. The van der Waals surface area contributed by atoms with Crippen molar-refractivity contribution in [3.05, 3.63) is 6.92 Å². The lowest BCUT2D eigenvalue weighted by atomic mass is 10.1. The second-order valence-corrected chi connectivity index (χ2v) is 2.03. The van der Waals surface area contributed by atoms with E-state index in [4.69, 9.17) is 5.84 Å². The van der Waals surface area contributed by atoms with Crippen LogP contribution in [-0.4, -0.2) is 5.54 Å². The Kier molecular flexibility index (Phi) is 1.56. The maximum Gasteiger partial charge on any atom is 0.0265 e. The summed E-state index contributed by atoms with van der Waals surface area (Å²) in [5, 5.41) is 0. The number of hydrogen-bond donors (Lipinski definition) is 2. The Balaban J connectivity index is 3.17. The van der Waals surface area contributed by atoms with Crippen molar-refractivity contribution in [1.82, 2.24) is 5.43 Å². The van der Waals surface area contributed by atoms with E-state index in [1.807, 2.05) is 13.8 Å². The Morgan fingerprint density at radius 2 is 1.83 bits per heavy atom. The Morgan fingerprint density at radius 3 is 1.83 bits per heavy atom. The van der Waals surface area contributed by atoms with E-state index >= 15 is 0 Å². The molecule has 6 heavy (non-hydrogen) atoms. The Labute approximate surface area is 38.7 Å². The molecule has 0 aliphatic rings. The van der Waals surface area contributed by atoms with Gasteiger partial charge < -0.3 is 0 Å². The SMILES string of the molecule is [CH2]C(C)(C)NN. The molecular formula is C4H11N2. The van der Waals surface area contributed by atoms with Crippen LogP contribution in [0.4, 0.5) is 0 Å². The molecule has 2 nitrogen and oxygen atoms in total. The summed E-state index contributed by atoms with van der Waals surface area (Å²) >= 11 is 0. The molecule has 0 saturated carbocycles. The first kappa shape index (κ1) is 5.92. The van der Waals surface area contributed by atoms with Gasteiger partial charge in [-0.05, 0) is 20.8 Å². The van der Waals surface area contributed by atoms with Gasteiger partial charge in [0.25, 0.3) is 0 Å². The number of rotatable bonds is 1. The number of hydrogen-bond acceptors (Lipinski definition) is 2. The van der Waals surface area contributed by atoms with Crippen LogP contribution in [0.25, 0.3) is 0 Å². The van der Waals surface area contributed by atoms with Crippen LogP contribution in [0.1, 0.15) is 13.8 Å². The molecule has 37 valence electrons. The van der Waals surface area contributed by atoms with Crippen LogP contribution in [0, 0.1) is 6.92 Å². The highest BCUT2D eigenvalue weighted by molar-refractivity contribution is 4.75. The van der Waals surface area contributed by atoms with E-state index in [9.17, 15) is 0 Å². The summed E-state index contributed by atoms with van der Waals surface area (Å²) in [6, 6.07) is 0. The van der Waals surface area contributed by atoms with Gasteiger partial charge >= 0.3 is 0 Å². The van der Waals surface area contributed by atoms with Crippen molar-refractivity contribution in [2.45, 2.75) is 19.4 Å². The second kappa shape index (κ2) is 1.58. The van der Waals surface area contributed by atoms with Crippen molar-refractivity contribution in [3.63, 3.8) is 0 Å². The van der Waals surface area contributed by atoms with Gasteiger partial charge in [-0.3, -0.25) is 11.3 Å². The zero-order valence-electron chi connectivity index (χ0n) is 4.28. The summed E-state index contributed by atoms with van der Waals surface area (Å²) in [5.74, 6) is 4.99. The second-order valence-electron chi connectivity index (χ2n) is 2.03. The van der Waals surface area contributed by atoms with Crippen LogP contribution in [0.3, 0.4) is 0 Å². The average molecular weight is 87.1 g/mol. The van der Waals surface area contributed by atoms with Crippen molar-refractivity contribution >= 4 is 0 Å². The monoisotopic (exact) mass is 87.1 g/mol. The van der Waals surface area contributed by atoms with Crippen molar-refractivity contribution in [3.8, 4) is 0 Å². The summed E-state index contributed by atoms with van der Waals surface area (Å²) in [6.45, 7) is 7.44. The zero-order chi connectivity index (χ0) is 5.21. The summed E-state index contributed by atoms with van der Waals surface area (Å²) in [4.78, 5) is 0. The maximum atomic E-state index is 4.99. The molecule has 0 atom stereocenters. The molecule has 0 aliphatic heterocycles. The topological polar surface area (TPSA) is 38.0 Å². The fraction of sp³-hybridized carbons (Fsp3) is 0.750. The highest BCUT2D eigenvalue weighted by Gasteiger charge is 2.02. The highest BCUT2D eigenvalue weighted by Crippen LogP contribution is 1.91. The summed E-state index contributed by atoms with van der Waals surface area (Å²) in [7, 11) is 0. The lowest BCUT2D eigenvalue weighted by molar-refractivity contribution is 0.488. The standard InChI is InChI=1S/C4H11N2/c1-4(2,3)6-5/h6H,1,5H2,2-3H3. The number of nitrogens with one attached hydrogen (secondary N) is 1. The van der Waals surface area contributed by atoms with Gasteiger partial charge in [-0.1, -0.05) is 0 Å². The summed E-state index contributed by atoms with van der Waals surface area (Å²) < 4.78 is 0. The first-order valence-electron chi connectivity index (χ1n) is 1.89. The minimum Gasteiger partial charge on any atom is -0.271 e. The summed E-state index contributed by atoms with van der Waals surface area (Å²) in [6.07, 6.45) is 0. The Morgan fingerprint density at radius 1 is 1.67 bits per heavy atom. The van der Waals surface area contributed by atoms with Crippen LogP contribution in [-0.2, 0) is 0 Å². The molecule has 0 amide bonds. The molecule has 0 aromatic carbocycles. The predicted molar refractivity (Wildman–Crippen MR) is 26.8 cm³/mol. The average Bonchev–Trinajstić information content (AvgIpc) is 1.35. The molecule has 0 aliphatic carbocycles. The van der Waals surface area contributed by atoms with Crippen molar-refractivity contribution in [1.29, 1.82) is 0 Å². The van der Waals surface area contributed by atoms with Crippen LogP contribution in [0.15, 0.2) is 0 Å². The predicted octanol–water partition coefficient (Wildman–Crippen LogP) is 0.0624. The van der Waals surface area contributed by atoms with E-state index in [-0.39, 0.29) is 5.54 Å². The van der Waals surface area contributed by atoms with E-state index in [0.29, 0.717) is 0 Å². The lowest BCUT2D eigenvalue weighted by Crippen LogP contribution is -2.41. The molecule has 0 unspecified atom stereocenters. The molecule has 1 radical (unpaired) electrons. The molecule has 0 bridgehead atoms. The highest BCUT2D eigenvalue weighted by atomic mass is 15.2. The van der Waals surface area contributed by atoms with Crippen molar-refractivity contribution < 1.29 is 0 Å². The third kappa shape index (κ3) is 3.92. The fourth-order valence-corrected chi connectivity index (χ4v) is 0. The quantitative estimate of drug-likeness (QED) is 0.350. The van der Waals surface area contributed by atoms with E-state index in [2.05, 4.69) is 12.3 Å². The van der Waals surface area contributed by atoms with Crippen LogP contribution in [0.5, 0.6) is 0 Å². The van der Waals surface area contributed by atoms with Crippen molar-refractivity contribution in [2.24, 2.45) is 5.84 Å². The lowest BCUT2D eigenvalue weighted by Gasteiger charge is -2.14. The first-order valence-corrected chi connectivity index (χ1v) is 1.89. The van der Waals surface area contributed by atoms with Gasteiger partial charge in [0, 0.05) is 5.54 Å². The molecule has 3 N–H and O–H groups in total. The molecular weight excluding hydrogens is 76.1 g/mol. The number of nitrogens with two attached hydrogens (primary N) is 1. The van der Waals surface area contributed by atoms with Gasteiger partial charge in [0.15, 0.2) is 0 Å². The zero-order valence-corrected chi connectivity index (χ0v) is 4.28. The number of hydrazine groups is 1. The van der Waals surface area contributed by atoms with Gasteiger partial charge in [-0.2, -0.15) is 0 Å². The van der Waals surface area contributed by atoms with E-state index in [0.717, 1.165) is 0 Å². The molecule has 0 saturated heterocycles. The minimum absolute atomic E-state index is 0.181. The molecule has 0 fully saturated rings. The molecule has 0 spiro atoms. The summed E-state index contributed by atoms with van der Waals surface area (Å²) in [5.41, 5.74) is 2.31. The van der Waals surface area contributed by atoms with Crippen LogP contribution >= 0.6 is 0 Å². The normalized spacial score (nSPS) is 12.0. The largest absolute Gasteiger partial charge is 0.271 e. The Bertz CT molecular complexity index is 35.3. The molecule has 2 heteroatoms. The van der Waals surface area contributed by atoms with Crippen molar-refractivity contribution in [2.75, 3.05) is 0 Å². The molecule has 0 rings (SSSR count). The van der Waals surface area contributed by atoms with Gasteiger partial charge in [0.1, 0.15) is 0 Å². The fourth-order valence-electron chi connectivity index (χ4n) is 0. The first-order chi connectivity index (χ1) is 2.56. The van der Waals surface area contributed by atoms with E-state index < -0.39 is 0 Å². The van der Waals surface area contributed by atoms with E-state index in [1.165, 1.54) is 0 Å². The van der Waals surface area contributed by atoms with E-state index in [1.54, 1.807) is 0 Å². The third-order valence-corrected chi connectivity index (χ3v) is 0.391. The molecule has 0 aromatic heterocycles. The van der Waals surface area contributed by atoms with Gasteiger partial charge in [-0.15, -0.1) is 0 Å². The smallest absolute Gasteiger partial charge is 0.0265 e. The Hall–Kier alpha value is -0.0800. The third-order valence-electron chi connectivity index (χ3n) is 0.391. The van der Waals surface area contributed by atoms with Crippen LogP contribution < -0.4 is 11.3 Å².